The molecule has 0 spiro atoms. The number of rotatable bonds is 3. The van der Waals surface area contributed by atoms with Crippen molar-refractivity contribution in [1.82, 2.24) is 9.62 Å². The van der Waals surface area contributed by atoms with Crippen LogP contribution < -0.4 is 19.5 Å². The summed E-state index contributed by atoms with van der Waals surface area (Å²) in [5, 5.41) is 2.76. The van der Waals surface area contributed by atoms with Crippen LogP contribution in [0.2, 0.25) is 0 Å². The van der Waals surface area contributed by atoms with Crippen LogP contribution in [0.5, 0.6) is 17.2 Å². The number of halogens is 3. The zero-order valence-electron chi connectivity index (χ0n) is 21.5. The summed E-state index contributed by atoms with van der Waals surface area (Å²) in [6, 6.07) is 13.3. The summed E-state index contributed by atoms with van der Waals surface area (Å²) in [6.07, 6.45) is -4.16. The molecule has 3 aromatic carbocycles. The molecule has 1 unspecified atom stereocenters. The lowest BCUT2D eigenvalue weighted by Gasteiger charge is -2.37. The molecule has 1 amide bonds. The summed E-state index contributed by atoms with van der Waals surface area (Å²) >= 11 is 0. The molecule has 0 saturated heterocycles. The Morgan fingerprint density at radius 3 is 2.62 bits per heavy atom. The van der Waals surface area contributed by atoms with Gasteiger partial charge in [-0.3, -0.25) is 4.79 Å². The van der Waals surface area contributed by atoms with Crippen LogP contribution in [0.15, 0.2) is 65.6 Å². The molecule has 212 valence electrons. The lowest BCUT2D eigenvalue weighted by Crippen LogP contribution is -2.41. The molecule has 0 saturated carbocycles. The van der Waals surface area contributed by atoms with Crippen LogP contribution >= 0.6 is 0 Å². The van der Waals surface area contributed by atoms with E-state index in [1.54, 1.807) is 36.4 Å². The quantitative estimate of drug-likeness (QED) is 0.499. The molecule has 0 fully saturated rings. The van der Waals surface area contributed by atoms with Crippen molar-refractivity contribution in [3.05, 3.63) is 82.9 Å². The maximum Gasteiger partial charge on any atom is 0.417 e. The summed E-state index contributed by atoms with van der Waals surface area (Å²) in [5.41, 5.74) is 0.528. The molecule has 3 heterocycles. The number of hydrogen-bond acceptors (Lipinski definition) is 6. The molecule has 0 aromatic heterocycles. The number of sulfonamides is 1. The van der Waals surface area contributed by atoms with Crippen LogP contribution in [0.1, 0.15) is 34.7 Å². The van der Waals surface area contributed by atoms with E-state index in [1.165, 1.54) is 13.2 Å². The van der Waals surface area contributed by atoms with Crippen molar-refractivity contribution in [3.63, 3.8) is 0 Å². The number of alkyl halides is 3. The minimum absolute atomic E-state index is 0.0937. The van der Waals surface area contributed by atoms with Gasteiger partial charge in [-0.05, 0) is 65.9 Å². The van der Waals surface area contributed by atoms with Gasteiger partial charge in [-0.2, -0.15) is 17.5 Å². The van der Waals surface area contributed by atoms with Crippen molar-refractivity contribution in [2.45, 2.75) is 30.0 Å². The lowest BCUT2D eigenvalue weighted by molar-refractivity contribution is -0.140. The largest absolute Gasteiger partial charge is 0.494 e. The number of amides is 1. The van der Waals surface area contributed by atoms with Gasteiger partial charge in [0.15, 0.2) is 18.1 Å². The van der Waals surface area contributed by atoms with Gasteiger partial charge in [0.1, 0.15) is 5.75 Å². The van der Waals surface area contributed by atoms with Gasteiger partial charge in [-0.15, -0.1) is 0 Å². The highest BCUT2D eigenvalue weighted by atomic mass is 32.2. The molecule has 8 nitrogen and oxygen atoms in total. The average molecular weight is 577 g/mol. The summed E-state index contributed by atoms with van der Waals surface area (Å²) < 4.78 is 87.9. The third-order valence-electron chi connectivity index (χ3n) is 6.83. The fourth-order valence-electron chi connectivity index (χ4n) is 4.99. The van der Waals surface area contributed by atoms with Crippen molar-refractivity contribution in [2.24, 2.45) is 0 Å². The molecule has 3 aromatic rings. The molecule has 3 aliphatic heterocycles. The van der Waals surface area contributed by atoms with Crippen molar-refractivity contribution < 1.29 is 40.6 Å². The Balaban J connectivity index is 1.69. The summed E-state index contributed by atoms with van der Waals surface area (Å²) in [7, 11) is -3.23. The molecule has 12 heteroatoms. The lowest BCUT2D eigenvalue weighted by atomic mass is 9.89. The molecule has 40 heavy (non-hydrogen) atoms. The van der Waals surface area contributed by atoms with E-state index in [9.17, 15) is 26.4 Å². The van der Waals surface area contributed by atoms with E-state index in [2.05, 4.69) is 5.32 Å². The monoisotopic (exact) mass is 576 g/mol. The number of hydrogen-bond donors (Lipinski definition) is 1. The Morgan fingerprint density at radius 2 is 1.85 bits per heavy atom. The average Bonchev–Trinajstić information content (AvgIpc) is 2.94. The van der Waals surface area contributed by atoms with E-state index >= 15 is 0 Å². The first-order valence-corrected chi connectivity index (χ1v) is 14.0. The van der Waals surface area contributed by atoms with Crippen LogP contribution in [0.3, 0.4) is 0 Å². The SMILES string of the molecule is COc1cc2c3cc1OCC(=O)NCCCOc1cccc(c1)C2N(S(=O)(=O)c1ccccc1C(F)(F)F)CC3. The number of benzene rings is 3. The molecule has 3 aliphatic rings. The minimum atomic E-state index is -4.87. The fraction of sp³-hybridized carbons (Fsp3) is 0.321. The smallest absolute Gasteiger partial charge is 0.417 e. The van der Waals surface area contributed by atoms with Gasteiger partial charge >= 0.3 is 6.18 Å². The maximum absolute atomic E-state index is 14.0. The second-order valence-corrected chi connectivity index (χ2v) is 11.2. The third-order valence-corrected chi connectivity index (χ3v) is 8.76. The van der Waals surface area contributed by atoms with Crippen molar-refractivity contribution in [2.75, 3.05) is 33.4 Å². The molecule has 6 bridgehead atoms. The highest BCUT2D eigenvalue weighted by Crippen LogP contribution is 2.45. The van der Waals surface area contributed by atoms with Gasteiger partial charge < -0.3 is 19.5 Å². The number of carbonyl (C=O) groups is 1. The number of ether oxygens (including phenoxy) is 3. The topological polar surface area (TPSA) is 94.2 Å². The van der Waals surface area contributed by atoms with Crippen LogP contribution in [-0.2, 0) is 27.4 Å². The molecule has 0 radical (unpaired) electrons. The van der Waals surface area contributed by atoms with Crippen molar-refractivity contribution in [3.8, 4) is 17.2 Å². The highest BCUT2D eigenvalue weighted by molar-refractivity contribution is 7.89. The van der Waals surface area contributed by atoms with Gasteiger partial charge in [0.2, 0.25) is 10.0 Å². The van der Waals surface area contributed by atoms with E-state index in [1.807, 2.05) is 0 Å². The van der Waals surface area contributed by atoms with Crippen LogP contribution in [0, 0.1) is 0 Å². The zero-order chi connectivity index (χ0) is 28.5. The normalized spacial score (nSPS) is 18.4. The standard InChI is InChI=1S/C28H27F3N2O6S/c1-37-23-16-21-18-10-12-33(40(35,36)25-9-3-2-8-22(25)28(29,30)31)27(21)19-6-4-7-20(14-19)38-13-5-11-32-26(34)17-39-24(23)15-18/h2-4,6-9,14-16,27H,5,10-13,17H2,1H3,(H,32,34). The second-order valence-electron chi connectivity index (χ2n) is 9.38. The Bertz CT molecular complexity index is 1530. The molecule has 0 aliphatic carbocycles. The molecular formula is C28H27F3N2O6S. The first-order valence-electron chi connectivity index (χ1n) is 12.6. The summed E-state index contributed by atoms with van der Waals surface area (Å²) in [4.78, 5) is 11.4. The van der Waals surface area contributed by atoms with Gasteiger partial charge in [0.25, 0.3) is 5.91 Å². The number of nitrogens with one attached hydrogen (secondary N) is 1. The van der Waals surface area contributed by atoms with Crippen LogP contribution in [0.25, 0.3) is 0 Å². The highest BCUT2D eigenvalue weighted by Gasteiger charge is 2.43. The predicted molar refractivity (Wildman–Crippen MR) is 139 cm³/mol. The number of nitrogens with zero attached hydrogens (tertiary/aromatic N) is 1. The Morgan fingerprint density at radius 1 is 1.05 bits per heavy atom. The molecule has 1 atom stereocenters. The van der Waals surface area contributed by atoms with Crippen molar-refractivity contribution >= 4 is 15.9 Å². The minimum Gasteiger partial charge on any atom is -0.494 e. The predicted octanol–water partition coefficient (Wildman–Crippen LogP) is 4.33. The Kier molecular flexibility index (Phi) is 7.65. The van der Waals surface area contributed by atoms with E-state index in [0.29, 0.717) is 35.6 Å². The zero-order valence-corrected chi connectivity index (χ0v) is 22.3. The van der Waals surface area contributed by atoms with Crippen molar-refractivity contribution in [1.29, 1.82) is 0 Å². The van der Waals surface area contributed by atoms with Crippen LogP contribution in [-0.4, -0.2) is 52.0 Å². The molecule has 1 N–H and O–H groups in total. The van der Waals surface area contributed by atoms with Crippen LogP contribution in [0.4, 0.5) is 13.2 Å². The fourth-order valence-corrected chi connectivity index (χ4v) is 6.80. The first kappa shape index (κ1) is 27.8. The van der Waals surface area contributed by atoms with E-state index in [-0.39, 0.29) is 37.8 Å². The Hall–Kier alpha value is -3.77. The Labute approximate surface area is 229 Å². The molecule has 6 rings (SSSR count). The summed E-state index contributed by atoms with van der Waals surface area (Å²) in [6.45, 7) is 0.288. The first-order chi connectivity index (χ1) is 19.1. The van der Waals surface area contributed by atoms with E-state index in [0.717, 1.165) is 28.1 Å². The second kappa shape index (κ2) is 11.0. The van der Waals surface area contributed by atoms with E-state index in [4.69, 9.17) is 14.2 Å². The van der Waals surface area contributed by atoms with Gasteiger partial charge in [-0.25, -0.2) is 8.42 Å². The maximum atomic E-state index is 14.0. The third kappa shape index (κ3) is 5.46. The molecular weight excluding hydrogens is 549 g/mol. The van der Waals surface area contributed by atoms with Gasteiger partial charge in [0.05, 0.1) is 30.2 Å². The number of fused-ring (bicyclic) bond motifs is 8. The number of carbonyl (C=O) groups excluding carboxylic acids is 1. The van der Waals surface area contributed by atoms with E-state index < -0.39 is 32.7 Å². The number of methoxy groups -OCH3 is 1. The van der Waals surface area contributed by atoms with Gasteiger partial charge in [0, 0.05) is 13.1 Å². The van der Waals surface area contributed by atoms with Gasteiger partial charge in [-0.1, -0.05) is 24.3 Å². The summed E-state index contributed by atoms with van der Waals surface area (Å²) in [5.74, 6) is 0.694.